The summed E-state index contributed by atoms with van der Waals surface area (Å²) in [6.07, 6.45) is -3.43. The fourth-order valence-corrected chi connectivity index (χ4v) is 8.00. The molecular formula is C42H41F2N7O4S. The molecule has 3 aromatic carbocycles. The first-order valence-electron chi connectivity index (χ1n) is 18.3. The predicted octanol–water partition coefficient (Wildman–Crippen LogP) is 8.00. The molecule has 4 N–H and O–H groups in total. The molecule has 0 spiro atoms. The number of nitrogens with two attached hydrogens (primary N) is 1. The Bertz CT molecular complexity index is 2350. The van der Waals surface area contributed by atoms with Gasteiger partial charge >= 0.3 is 0 Å². The summed E-state index contributed by atoms with van der Waals surface area (Å²) in [5.74, 6) is -1.20. The van der Waals surface area contributed by atoms with Gasteiger partial charge in [0.25, 0.3) is 6.43 Å². The molecule has 56 heavy (non-hydrogen) atoms. The molecule has 6 aromatic rings. The minimum atomic E-state index is -2.68. The average Bonchev–Trinajstić information content (AvgIpc) is 3.95. The molecule has 0 radical (unpaired) electrons. The summed E-state index contributed by atoms with van der Waals surface area (Å²) in [4.78, 5) is 34.8. The second kappa shape index (κ2) is 16.1. The highest BCUT2D eigenvalue weighted by Gasteiger charge is 2.43. The van der Waals surface area contributed by atoms with Crippen LogP contribution in [-0.2, 0) is 9.59 Å². The van der Waals surface area contributed by atoms with Crippen molar-refractivity contribution in [3.05, 3.63) is 113 Å². The number of anilines is 1. The van der Waals surface area contributed by atoms with E-state index in [1.54, 1.807) is 53.8 Å². The lowest BCUT2D eigenvalue weighted by molar-refractivity contribution is -0.141. The number of aryl methyl sites for hydroxylation is 1. The predicted molar refractivity (Wildman–Crippen MR) is 210 cm³/mol. The van der Waals surface area contributed by atoms with E-state index in [4.69, 9.17) is 10.3 Å². The fraction of sp³-hybridized carbons (Fsp3) is 0.286. The molecule has 11 nitrogen and oxygen atoms in total. The first-order chi connectivity index (χ1) is 26.9. The van der Waals surface area contributed by atoms with E-state index in [-0.39, 0.29) is 59.4 Å². The van der Waals surface area contributed by atoms with E-state index in [0.717, 1.165) is 21.7 Å². The SMILES string of the molecule is Cc1ncsc1-c1ccc([C@H](C)NC(=O)[C@@H]2C[C@@H](O)CN2C(=O)C(c2cc(-c3ccc(-c4cc(-c5ccccc5C(F)F)nnc4N)cc3)no2)C(C)C)cc1. The number of hydrogen-bond donors (Lipinski definition) is 3. The summed E-state index contributed by atoms with van der Waals surface area (Å²) in [6.45, 7) is 7.65. The number of halogens is 2. The molecule has 0 saturated carbocycles. The summed E-state index contributed by atoms with van der Waals surface area (Å²) in [7, 11) is 0. The number of nitrogen functional groups attached to an aromatic ring is 1. The Morgan fingerprint density at radius 1 is 0.929 bits per heavy atom. The number of β-amino-alcohol motifs (C(OH)–C–C–N with tert-alkyl or cyclic N) is 1. The monoisotopic (exact) mass is 777 g/mol. The number of aliphatic hydroxyl groups excluding tert-OH is 1. The van der Waals surface area contributed by atoms with Crippen LogP contribution in [0.4, 0.5) is 14.6 Å². The van der Waals surface area contributed by atoms with Gasteiger partial charge in [-0.25, -0.2) is 13.8 Å². The van der Waals surface area contributed by atoms with Crippen molar-refractivity contribution >= 4 is 29.0 Å². The zero-order valence-electron chi connectivity index (χ0n) is 31.2. The van der Waals surface area contributed by atoms with Gasteiger partial charge in [-0.2, -0.15) is 0 Å². The fourth-order valence-electron chi connectivity index (χ4n) is 7.19. The molecule has 3 aromatic heterocycles. The maximum absolute atomic E-state index is 14.2. The van der Waals surface area contributed by atoms with E-state index >= 15 is 0 Å². The smallest absolute Gasteiger partial charge is 0.264 e. The van der Waals surface area contributed by atoms with Crippen LogP contribution in [0.5, 0.6) is 0 Å². The zero-order chi connectivity index (χ0) is 39.7. The molecule has 2 amide bonds. The second-order valence-corrected chi connectivity index (χ2v) is 15.2. The molecule has 4 heterocycles. The van der Waals surface area contributed by atoms with Crippen molar-refractivity contribution in [3.63, 3.8) is 0 Å². The number of aromatic nitrogens is 4. The van der Waals surface area contributed by atoms with Gasteiger partial charge in [0.05, 0.1) is 33.9 Å². The van der Waals surface area contributed by atoms with Crippen molar-refractivity contribution in [2.75, 3.05) is 12.3 Å². The third-order valence-electron chi connectivity index (χ3n) is 10.2. The van der Waals surface area contributed by atoms with E-state index in [1.807, 2.05) is 69.6 Å². The van der Waals surface area contributed by atoms with E-state index < -0.39 is 24.5 Å². The number of nitrogens with zero attached hydrogens (tertiary/aromatic N) is 5. The molecule has 1 saturated heterocycles. The highest BCUT2D eigenvalue weighted by atomic mass is 32.1. The number of thiazole rings is 1. The summed E-state index contributed by atoms with van der Waals surface area (Å²) in [6, 6.07) is 23.4. The highest BCUT2D eigenvalue weighted by Crippen LogP contribution is 2.36. The van der Waals surface area contributed by atoms with Crippen LogP contribution in [0.15, 0.2) is 95.0 Å². The van der Waals surface area contributed by atoms with Crippen LogP contribution < -0.4 is 11.1 Å². The van der Waals surface area contributed by atoms with E-state index in [2.05, 4.69) is 25.7 Å². The second-order valence-electron chi connectivity index (χ2n) is 14.3. The summed E-state index contributed by atoms with van der Waals surface area (Å²) in [5.41, 5.74) is 13.7. The molecule has 1 aliphatic heterocycles. The van der Waals surface area contributed by atoms with Crippen LogP contribution in [0.1, 0.15) is 68.2 Å². The molecule has 0 aliphatic carbocycles. The van der Waals surface area contributed by atoms with Crippen molar-refractivity contribution in [2.45, 2.75) is 64.6 Å². The molecule has 1 unspecified atom stereocenters. The lowest BCUT2D eigenvalue weighted by Crippen LogP contribution is -2.48. The minimum absolute atomic E-state index is 0.0162. The molecule has 7 rings (SSSR count). The third-order valence-corrected chi connectivity index (χ3v) is 11.2. The normalized spacial score (nSPS) is 16.7. The first-order valence-corrected chi connectivity index (χ1v) is 19.1. The molecule has 0 bridgehead atoms. The molecule has 1 fully saturated rings. The summed E-state index contributed by atoms with van der Waals surface area (Å²) < 4.78 is 33.2. The highest BCUT2D eigenvalue weighted by molar-refractivity contribution is 7.13. The van der Waals surface area contributed by atoms with Crippen LogP contribution >= 0.6 is 11.3 Å². The summed E-state index contributed by atoms with van der Waals surface area (Å²) >= 11 is 1.57. The molecule has 14 heteroatoms. The number of carbonyl (C=O) groups excluding carboxylic acids is 2. The van der Waals surface area contributed by atoms with Gasteiger partial charge in [0.15, 0.2) is 5.82 Å². The number of benzene rings is 3. The van der Waals surface area contributed by atoms with Crippen LogP contribution in [0.2, 0.25) is 0 Å². The van der Waals surface area contributed by atoms with Gasteiger partial charge in [-0.1, -0.05) is 91.8 Å². The van der Waals surface area contributed by atoms with Crippen molar-refractivity contribution in [3.8, 4) is 44.1 Å². The largest absolute Gasteiger partial charge is 0.391 e. The van der Waals surface area contributed by atoms with E-state index in [9.17, 15) is 23.5 Å². The average molecular weight is 778 g/mol. The Labute approximate surface area is 326 Å². The Morgan fingerprint density at radius 3 is 2.30 bits per heavy atom. The number of amides is 2. The van der Waals surface area contributed by atoms with Crippen LogP contribution in [0.25, 0.3) is 44.1 Å². The number of likely N-dealkylation sites (tertiary alicyclic amines) is 1. The number of rotatable bonds is 11. The van der Waals surface area contributed by atoms with Crippen LogP contribution in [0.3, 0.4) is 0 Å². The third kappa shape index (κ3) is 7.80. The summed E-state index contributed by atoms with van der Waals surface area (Å²) in [5, 5.41) is 26.1. The zero-order valence-corrected chi connectivity index (χ0v) is 32.0. The number of alkyl halides is 2. The Hall–Kier alpha value is -5.86. The lowest BCUT2D eigenvalue weighted by Gasteiger charge is -2.29. The standard InChI is InChI=1S/C42H41F2N7O4S/c1-22(2)37(42(54)51-20-29(52)17-35(51)41(53)47-23(3)25-9-15-28(16-10-25)38-24(4)46-21-56-38)36-19-33(50-55-36)27-13-11-26(12-14-27)32-18-34(48-49-40(32)45)30-7-5-6-8-31(30)39(43)44/h5-16,18-19,21-23,29,35,37,39,52H,17,20H2,1-4H3,(H2,45,49)(H,47,53)/t23-,29+,35-,37?/m0/s1. The quantitative estimate of drug-likeness (QED) is 0.118. The van der Waals surface area contributed by atoms with Crippen LogP contribution in [-0.4, -0.2) is 60.8 Å². The minimum Gasteiger partial charge on any atom is -0.391 e. The van der Waals surface area contributed by atoms with Crippen molar-refractivity contribution in [1.29, 1.82) is 0 Å². The number of carbonyl (C=O) groups is 2. The molecule has 4 atom stereocenters. The Morgan fingerprint density at radius 2 is 1.62 bits per heavy atom. The maximum atomic E-state index is 14.2. The number of nitrogens with one attached hydrogen (secondary N) is 1. The topological polar surface area (TPSA) is 160 Å². The Balaban J connectivity index is 1.06. The van der Waals surface area contributed by atoms with Crippen molar-refractivity contribution < 1.29 is 28.0 Å². The van der Waals surface area contributed by atoms with Crippen molar-refractivity contribution in [2.24, 2.45) is 5.92 Å². The van der Waals surface area contributed by atoms with Gasteiger partial charge in [-0.3, -0.25) is 9.59 Å². The van der Waals surface area contributed by atoms with Gasteiger partial charge in [-0.05, 0) is 42.5 Å². The lowest BCUT2D eigenvalue weighted by atomic mass is 9.91. The van der Waals surface area contributed by atoms with Gasteiger partial charge in [-0.15, -0.1) is 21.5 Å². The van der Waals surface area contributed by atoms with Crippen LogP contribution in [0, 0.1) is 12.8 Å². The van der Waals surface area contributed by atoms with Gasteiger partial charge in [0.1, 0.15) is 23.4 Å². The van der Waals surface area contributed by atoms with Crippen molar-refractivity contribution in [1.82, 2.24) is 30.6 Å². The van der Waals surface area contributed by atoms with E-state index in [0.29, 0.717) is 28.1 Å². The van der Waals surface area contributed by atoms with Gasteiger partial charge in [0.2, 0.25) is 11.8 Å². The molecule has 1 aliphatic rings. The number of aliphatic hydroxyl groups is 1. The maximum Gasteiger partial charge on any atom is 0.264 e. The van der Waals surface area contributed by atoms with Gasteiger partial charge < -0.3 is 25.6 Å². The Kier molecular flexibility index (Phi) is 11.0. The number of hydrogen-bond acceptors (Lipinski definition) is 10. The first kappa shape index (κ1) is 38.4. The molecule has 288 valence electrons. The molecular weight excluding hydrogens is 737 g/mol. The van der Waals surface area contributed by atoms with Gasteiger partial charge in [0, 0.05) is 41.3 Å². The van der Waals surface area contributed by atoms with E-state index in [1.165, 1.54) is 11.0 Å².